The second-order valence-electron chi connectivity index (χ2n) is 7.46. The molecule has 0 bridgehead atoms. The van der Waals surface area contributed by atoms with Crippen LogP contribution in [0.5, 0.6) is 0 Å². The summed E-state index contributed by atoms with van der Waals surface area (Å²) in [6.45, 7) is 3.95. The lowest BCUT2D eigenvalue weighted by molar-refractivity contribution is -0.123. The summed E-state index contributed by atoms with van der Waals surface area (Å²) in [6.07, 6.45) is 0. The third-order valence-electron chi connectivity index (χ3n) is 5.49. The van der Waals surface area contributed by atoms with Gasteiger partial charge in [-0.2, -0.15) is 10.1 Å². The van der Waals surface area contributed by atoms with E-state index in [1.165, 1.54) is 9.91 Å². The van der Waals surface area contributed by atoms with Gasteiger partial charge in [-0.1, -0.05) is 40.2 Å². The van der Waals surface area contributed by atoms with Gasteiger partial charge in [-0.15, -0.1) is 0 Å². The summed E-state index contributed by atoms with van der Waals surface area (Å²) in [6, 6.07) is 10.9. The molecule has 5 rings (SSSR count). The number of hydrogen-bond donors (Lipinski definition) is 0. The molecule has 1 saturated heterocycles. The summed E-state index contributed by atoms with van der Waals surface area (Å²) >= 11 is 6.19. The molecule has 10 heteroatoms. The first-order valence-electron chi connectivity index (χ1n) is 9.64. The molecule has 2 atom stereocenters. The molecule has 0 radical (unpaired) electrons. The summed E-state index contributed by atoms with van der Waals surface area (Å²) in [5.41, 5.74) is 3.23. The van der Waals surface area contributed by atoms with Gasteiger partial charge in [0.2, 0.25) is 11.7 Å². The highest BCUT2D eigenvalue weighted by Gasteiger charge is 2.55. The van der Waals surface area contributed by atoms with Crippen LogP contribution < -0.4 is 4.90 Å². The fourth-order valence-electron chi connectivity index (χ4n) is 3.68. The Hall–Kier alpha value is -3.59. The minimum atomic E-state index is -0.889. The van der Waals surface area contributed by atoms with Gasteiger partial charge in [0, 0.05) is 5.56 Å². The van der Waals surface area contributed by atoms with Crippen molar-refractivity contribution in [3.8, 4) is 11.4 Å². The second kappa shape index (κ2) is 7.28. The van der Waals surface area contributed by atoms with Crippen LogP contribution in [0.1, 0.15) is 17.0 Å². The van der Waals surface area contributed by atoms with E-state index in [-0.39, 0.29) is 18.3 Å². The summed E-state index contributed by atoms with van der Waals surface area (Å²) in [5.74, 6) is -0.209. The van der Waals surface area contributed by atoms with Crippen LogP contribution in [-0.4, -0.2) is 39.0 Å². The number of anilines is 1. The van der Waals surface area contributed by atoms with Crippen LogP contribution in [0.25, 0.3) is 11.4 Å². The molecular formula is C21H17ClN6O3. The second-order valence-corrected chi connectivity index (χ2v) is 7.87. The molecule has 0 N–H and O–H groups in total. The minimum absolute atomic E-state index is 0.0436. The van der Waals surface area contributed by atoms with Crippen LogP contribution in [0.4, 0.5) is 5.69 Å². The van der Waals surface area contributed by atoms with Crippen molar-refractivity contribution in [1.82, 2.24) is 15.1 Å². The fourth-order valence-corrected chi connectivity index (χ4v) is 3.90. The van der Waals surface area contributed by atoms with Crippen molar-refractivity contribution in [2.75, 3.05) is 4.90 Å². The lowest BCUT2D eigenvalue weighted by Crippen LogP contribution is -2.39. The number of nitrogens with zero attached hydrogens (tertiary/aromatic N) is 6. The summed E-state index contributed by atoms with van der Waals surface area (Å²) in [5, 5.41) is 13.9. The zero-order valence-corrected chi connectivity index (χ0v) is 17.4. The third-order valence-corrected chi connectivity index (χ3v) is 5.82. The Bertz CT molecular complexity index is 1240. The van der Waals surface area contributed by atoms with Crippen molar-refractivity contribution >= 4 is 29.1 Å². The predicted molar refractivity (Wildman–Crippen MR) is 111 cm³/mol. The summed E-state index contributed by atoms with van der Waals surface area (Å²) < 4.78 is 5.31. The van der Waals surface area contributed by atoms with Crippen LogP contribution in [0.3, 0.4) is 0 Å². The number of imide groups is 1. The molecule has 156 valence electrons. The van der Waals surface area contributed by atoms with Crippen molar-refractivity contribution in [2.45, 2.75) is 32.5 Å². The highest BCUT2D eigenvalue weighted by atomic mass is 35.5. The number of amides is 2. The van der Waals surface area contributed by atoms with Crippen LogP contribution in [0, 0.1) is 13.8 Å². The van der Waals surface area contributed by atoms with E-state index in [1.807, 2.05) is 38.1 Å². The average molecular weight is 437 g/mol. The van der Waals surface area contributed by atoms with Crippen LogP contribution in [0.15, 0.2) is 57.3 Å². The van der Waals surface area contributed by atoms with Crippen molar-refractivity contribution in [3.63, 3.8) is 0 Å². The van der Waals surface area contributed by atoms with E-state index >= 15 is 0 Å². The number of carbonyl (C=O) groups is 2. The molecule has 2 aliphatic heterocycles. The lowest BCUT2D eigenvalue weighted by Gasteiger charge is -2.19. The van der Waals surface area contributed by atoms with E-state index < -0.39 is 18.0 Å². The van der Waals surface area contributed by atoms with Crippen LogP contribution >= 0.6 is 11.6 Å². The van der Waals surface area contributed by atoms with Gasteiger partial charge in [0.25, 0.3) is 11.8 Å². The monoisotopic (exact) mass is 436 g/mol. The van der Waals surface area contributed by atoms with E-state index in [1.54, 1.807) is 18.2 Å². The number of aryl methyl sites for hydroxylation is 2. The zero-order valence-electron chi connectivity index (χ0n) is 16.7. The fraction of sp³-hybridized carbons (Fsp3) is 0.238. The Morgan fingerprint density at radius 2 is 1.87 bits per heavy atom. The first-order chi connectivity index (χ1) is 14.9. The van der Waals surface area contributed by atoms with Crippen LogP contribution in [0.2, 0.25) is 5.02 Å². The molecule has 2 aliphatic rings. The smallest absolute Gasteiger partial charge is 0.263 e. The van der Waals surface area contributed by atoms with Gasteiger partial charge in [-0.3, -0.25) is 14.6 Å². The maximum absolute atomic E-state index is 13.1. The van der Waals surface area contributed by atoms with Crippen molar-refractivity contribution in [1.29, 1.82) is 0 Å². The molecule has 0 spiro atoms. The minimum Gasteiger partial charge on any atom is -0.337 e. The van der Waals surface area contributed by atoms with Gasteiger partial charge in [0.1, 0.15) is 6.54 Å². The maximum atomic E-state index is 13.1. The summed E-state index contributed by atoms with van der Waals surface area (Å²) in [7, 11) is 0. The molecular weight excluding hydrogens is 420 g/mol. The molecule has 1 fully saturated rings. The first-order valence-corrected chi connectivity index (χ1v) is 10.0. The molecule has 0 saturated carbocycles. The van der Waals surface area contributed by atoms with Crippen LogP contribution in [-0.2, 0) is 16.1 Å². The summed E-state index contributed by atoms with van der Waals surface area (Å²) in [4.78, 5) is 31.5. The van der Waals surface area contributed by atoms with Gasteiger partial charge >= 0.3 is 0 Å². The molecule has 0 unspecified atom stereocenters. The number of carbonyl (C=O) groups excluding carboxylic acids is 2. The molecule has 2 aromatic carbocycles. The molecule has 3 aromatic rings. The van der Waals surface area contributed by atoms with E-state index in [0.717, 1.165) is 11.1 Å². The highest BCUT2D eigenvalue weighted by molar-refractivity contribution is 6.33. The van der Waals surface area contributed by atoms with Gasteiger partial charge in [0.15, 0.2) is 12.1 Å². The predicted octanol–water partition coefficient (Wildman–Crippen LogP) is 3.50. The van der Waals surface area contributed by atoms with E-state index in [9.17, 15) is 9.59 Å². The lowest BCUT2D eigenvalue weighted by atomic mass is 10.1. The number of halogens is 1. The standard InChI is InChI=1S/C21H17ClN6O3/c1-11-7-8-13(9-12(11)2)28-20(29)17-18(21(28)30)27(26-24-17)10-16-23-19(25-31-16)14-5-3-4-6-15(14)22/h3-9,17-18H,10H2,1-2H3/t17-,18-/m0/s1. The van der Waals surface area contributed by atoms with Gasteiger partial charge in [0.05, 0.1) is 10.7 Å². The van der Waals surface area contributed by atoms with Crippen molar-refractivity contribution in [2.24, 2.45) is 10.3 Å². The normalized spacial score (nSPS) is 20.1. The maximum Gasteiger partial charge on any atom is 0.263 e. The number of benzene rings is 2. The Morgan fingerprint density at radius 1 is 1.06 bits per heavy atom. The number of rotatable bonds is 4. The third kappa shape index (κ3) is 3.17. The highest BCUT2D eigenvalue weighted by Crippen LogP contribution is 2.33. The Labute approximate surface area is 182 Å². The van der Waals surface area contributed by atoms with E-state index in [2.05, 4.69) is 20.5 Å². The van der Waals surface area contributed by atoms with Gasteiger partial charge in [-0.05, 0) is 49.2 Å². The Morgan fingerprint density at radius 3 is 2.65 bits per heavy atom. The molecule has 2 amide bonds. The Balaban J connectivity index is 1.38. The molecule has 1 aromatic heterocycles. The van der Waals surface area contributed by atoms with E-state index in [4.69, 9.17) is 16.1 Å². The molecule has 3 heterocycles. The average Bonchev–Trinajstić information content (AvgIpc) is 3.43. The quantitative estimate of drug-likeness (QED) is 0.580. The largest absolute Gasteiger partial charge is 0.337 e. The SMILES string of the molecule is Cc1ccc(N2C(=O)[C@H]3N=NN(Cc4nc(-c5ccccc5Cl)no4)[C@@H]3C2=O)cc1C. The topological polar surface area (TPSA) is 104 Å². The van der Waals surface area contributed by atoms with Gasteiger partial charge in [-0.25, -0.2) is 4.90 Å². The van der Waals surface area contributed by atoms with Gasteiger partial charge < -0.3 is 4.52 Å². The number of fused-ring (bicyclic) bond motifs is 1. The zero-order chi connectivity index (χ0) is 21.7. The number of aromatic nitrogens is 2. The van der Waals surface area contributed by atoms with Crippen molar-refractivity contribution < 1.29 is 14.1 Å². The Kier molecular flexibility index (Phi) is 4.55. The molecule has 31 heavy (non-hydrogen) atoms. The first kappa shape index (κ1) is 19.4. The number of hydrogen-bond acceptors (Lipinski definition) is 8. The molecule has 0 aliphatic carbocycles. The van der Waals surface area contributed by atoms with Crippen molar-refractivity contribution in [3.05, 3.63) is 64.5 Å². The van der Waals surface area contributed by atoms with E-state index in [0.29, 0.717) is 22.1 Å². The molecule has 9 nitrogen and oxygen atoms in total.